The van der Waals surface area contributed by atoms with Crippen LogP contribution in [0.3, 0.4) is 0 Å². The molecule has 0 aliphatic heterocycles. The van der Waals surface area contributed by atoms with E-state index in [1.807, 2.05) is 0 Å². The predicted molar refractivity (Wildman–Crippen MR) is 82.5 cm³/mol. The third-order valence-electron chi connectivity index (χ3n) is 4.32. The van der Waals surface area contributed by atoms with Gasteiger partial charge in [0.1, 0.15) is 0 Å². The maximum Gasteiger partial charge on any atom is 0.233 e. The van der Waals surface area contributed by atoms with Crippen molar-refractivity contribution in [3.05, 3.63) is 0 Å². The van der Waals surface area contributed by atoms with Crippen LogP contribution < -0.4 is 10.6 Å². The average molecular weight is 284 g/mol. The fourth-order valence-electron chi connectivity index (χ4n) is 2.54. The highest BCUT2D eigenvalue weighted by atomic mass is 16.3. The Labute approximate surface area is 123 Å². The van der Waals surface area contributed by atoms with E-state index in [1.54, 1.807) is 0 Å². The van der Waals surface area contributed by atoms with Crippen LogP contribution in [0.25, 0.3) is 0 Å². The molecule has 1 saturated carbocycles. The minimum atomic E-state index is -0.631. The van der Waals surface area contributed by atoms with Crippen molar-refractivity contribution in [2.75, 3.05) is 19.6 Å². The van der Waals surface area contributed by atoms with Gasteiger partial charge in [-0.05, 0) is 43.4 Å². The van der Waals surface area contributed by atoms with Crippen molar-refractivity contribution in [1.82, 2.24) is 10.6 Å². The van der Waals surface area contributed by atoms with Gasteiger partial charge in [-0.3, -0.25) is 4.79 Å². The second-order valence-corrected chi connectivity index (χ2v) is 7.52. The Morgan fingerprint density at radius 3 is 2.35 bits per heavy atom. The van der Waals surface area contributed by atoms with E-state index in [1.165, 1.54) is 0 Å². The topological polar surface area (TPSA) is 61.4 Å². The van der Waals surface area contributed by atoms with Crippen LogP contribution in [-0.4, -0.2) is 36.2 Å². The molecule has 1 aliphatic rings. The Morgan fingerprint density at radius 1 is 1.20 bits per heavy atom. The first kappa shape index (κ1) is 17.4. The maximum atomic E-state index is 11.6. The normalized spacial score (nSPS) is 20.9. The maximum absolute atomic E-state index is 11.6. The molecule has 0 unspecified atom stereocenters. The van der Waals surface area contributed by atoms with E-state index in [0.717, 1.165) is 38.6 Å². The number of hydrogen-bond donors (Lipinski definition) is 3. The molecule has 118 valence electrons. The van der Waals surface area contributed by atoms with Gasteiger partial charge >= 0.3 is 0 Å². The Balaban J connectivity index is 2.15. The molecule has 4 nitrogen and oxygen atoms in total. The van der Waals surface area contributed by atoms with Crippen LogP contribution in [-0.2, 0) is 4.79 Å². The summed E-state index contributed by atoms with van der Waals surface area (Å²) in [6.45, 7) is 10.3. The van der Waals surface area contributed by atoms with Crippen molar-refractivity contribution in [2.24, 2.45) is 11.3 Å². The van der Waals surface area contributed by atoms with Crippen molar-refractivity contribution in [2.45, 2.75) is 65.4 Å². The third-order valence-corrected chi connectivity index (χ3v) is 4.32. The first-order chi connectivity index (χ1) is 9.22. The van der Waals surface area contributed by atoms with Crippen molar-refractivity contribution in [3.8, 4) is 0 Å². The summed E-state index contributed by atoms with van der Waals surface area (Å²) in [7, 11) is 0. The monoisotopic (exact) mass is 284 g/mol. The van der Waals surface area contributed by atoms with Gasteiger partial charge in [-0.1, -0.05) is 27.7 Å². The summed E-state index contributed by atoms with van der Waals surface area (Å²) >= 11 is 0. The second-order valence-electron chi connectivity index (χ2n) is 7.52. The summed E-state index contributed by atoms with van der Waals surface area (Å²) in [6.07, 6.45) is 4.74. The Bertz CT molecular complexity index is 304. The first-order valence-corrected chi connectivity index (χ1v) is 7.92. The molecule has 1 aliphatic carbocycles. The summed E-state index contributed by atoms with van der Waals surface area (Å²) in [5.41, 5.74) is -0.284. The van der Waals surface area contributed by atoms with Gasteiger partial charge in [0, 0.05) is 13.1 Å². The molecule has 3 N–H and O–H groups in total. The predicted octanol–water partition coefficient (Wildman–Crippen LogP) is 2.07. The molecule has 0 saturated heterocycles. The SMILES string of the molecule is CC(C)CCNC(=O)CNCC1(O)CCC(C)(C)CC1. The van der Waals surface area contributed by atoms with Gasteiger partial charge in [-0.25, -0.2) is 0 Å². The molecule has 1 amide bonds. The van der Waals surface area contributed by atoms with Crippen LogP contribution in [0, 0.1) is 11.3 Å². The van der Waals surface area contributed by atoms with Gasteiger partial charge in [0.25, 0.3) is 0 Å². The molecular formula is C16H32N2O2. The van der Waals surface area contributed by atoms with Gasteiger partial charge in [0.05, 0.1) is 12.1 Å². The van der Waals surface area contributed by atoms with E-state index in [4.69, 9.17) is 0 Å². The van der Waals surface area contributed by atoms with Gasteiger partial charge in [-0.15, -0.1) is 0 Å². The highest BCUT2D eigenvalue weighted by Gasteiger charge is 2.36. The summed E-state index contributed by atoms with van der Waals surface area (Å²) in [5.74, 6) is 0.625. The molecular weight excluding hydrogens is 252 g/mol. The number of carbonyl (C=O) groups is 1. The zero-order valence-corrected chi connectivity index (χ0v) is 13.6. The van der Waals surface area contributed by atoms with Crippen molar-refractivity contribution in [1.29, 1.82) is 0 Å². The highest BCUT2D eigenvalue weighted by molar-refractivity contribution is 5.77. The third kappa shape index (κ3) is 6.71. The Morgan fingerprint density at radius 2 is 1.80 bits per heavy atom. The van der Waals surface area contributed by atoms with Gasteiger partial charge in [-0.2, -0.15) is 0 Å². The molecule has 1 rings (SSSR count). The lowest BCUT2D eigenvalue weighted by molar-refractivity contribution is -0.120. The smallest absolute Gasteiger partial charge is 0.233 e. The van der Waals surface area contributed by atoms with E-state index >= 15 is 0 Å². The quantitative estimate of drug-likeness (QED) is 0.671. The lowest BCUT2D eigenvalue weighted by Gasteiger charge is -2.40. The summed E-state index contributed by atoms with van der Waals surface area (Å²) in [5, 5.41) is 16.5. The molecule has 0 aromatic rings. The molecule has 0 aromatic carbocycles. The lowest BCUT2D eigenvalue weighted by Crippen LogP contribution is -2.47. The van der Waals surface area contributed by atoms with E-state index in [-0.39, 0.29) is 5.91 Å². The molecule has 0 heterocycles. The van der Waals surface area contributed by atoms with Crippen molar-refractivity contribution >= 4 is 5.91 Å². The van der Waals surface area contributed by atoms with Gasteiger partial charge < -0.3 is 15.7 Å². The molecule has 4 heteroatoms. The second kappa shape index (κ2) is 7.41. The number of amides is 1. The number of nitrogens with one attached hydrogen (secondary N) is 2. The number of aliphatic hydroxyl groups is 1. The fourth-order valence-corrected chi connectivity index (χ4v) is 2.54. The van der Waals surface area contributed by atoms with Crippen LogP contribution in [0.15, 0.2) is 0 Å². The van der Waals surface area contributed by atoms with Crippen LogP contribution >= 0.6 is 0 Å². The molecule has 0 bridgehead atoms. The minimum absolute atomic E-state index is 0.0189. The molecule has 20 heavy (non-hydrogen) atoms. The van der Waals surface area contributed by atoms with E-state index in [2.05, 4.69) is 38.3 Å². The number of carbonyl (C=O) groups excluding carboxylic acids is 1. The molecule has 0 radical (unpaired) electrons. The van der Waals surface area contributed by atoms with Gasteiger partial charge in [0.2, 0.25) is 5.91 Å². The van der Waals surface area contributed by atoms with Crippen LogP contribution in [0.5, 0.6) is 0 Å². The van der Waals surface area contributed by atoms with Gasteiger partial charge in [0.15, 0.2) is 0 Å². The van der Waals surface area contributed by atoms with E-state index in [0.29, 0.717) is 24.4 Å². The van der Waals surface area contributed by atoms with Crippen molar-refractivity contribution in [3.63, 3.8) is 0 Å². The average Bonchev–Trinajstić information content (AvgIpc) is 2.33. The Hall–Kier alpha value is -0.610. The highest BCUT2D eigenvalue weighted by Crippen LogP contribution is 2.39. The minimum Gasteiger partial charge on any atom is -0.389 e. The standard InChI is InChI=1S/C16H32N2O2/c1-13(2)5-10-18-14(19)11-17-12-16(20)8-6-15(3,4)7-9-16/h13,17,20H,5-12H2,1-4H3,(H,18,19). The number of rotatable bonds is 7. The van der Waals surface area contributed by atoms with E-state index < -0.39 is 5.60 Å². The molecule has 0 spiro atoms. The molecule has 1 fully saturated rings. The largest absolute Gasteiger partial charge is 0.389 e. The van der Waals surface area contributed by atoms with Crippen LogP contribution in [0.1, 0.15) is 59.8 Å². The van der Waals surface area contributed by atoms with Crippen LogP contribution in [0.2, 0.25) is 0 Å². The summed E-state index contributed by atoms with van der Waals surface area (Å²) in [4.78, 5) is 11.6. The van der Waals surface area contributed by atoms with E-state index in [9.17, 15) is 9.90 Å². The fraction of sp³-hybridized carbons (Fsp3) is 0.938. The number of hydrogen-bond acceptors (Lipinski definition) is 3. The first-order valence-electron chi connectivity index (χ1n) is 7.92. The zero-order chi connectivity index (χ0) is 15.2. The van der Waals surface area contributed by atoms with Crippen LogP contribution in [0.4, 0.5) is 0 Å². The molecule has 0 aromatic heterocycles. The molecule has 0 atom stereocenters. The zero-order valence-electron chi connectivity index (χ0n) is 13.6. The van der Waals surface area contributed by atoms with Crippen molar-refractivity contribution < 1.29 is 9.90 Å². The lowest BCUT2D eigenvalue weighted by atomic mass is 9.71. The summed E-state index contributed by atoms with van der Waals surface area (Å²) < 4.78 is 0. The Kier molecular flexibility index (Phi) is 6.46. The summed E-state index contributed by atoms with van der Waals surface area (Å²) in [6, 6.07) is 0.